The molecule has 0 spiro atoms. The summed E-state index contributed by atoms with van der Waals surface area (Å²) in [6, 6.07) is 1.88. The molecule has 0 saturated heterocycles. The van der Waals surface area contributed by atoms with E-state index in [1.165, 1.54) is 4.31 Å². The largest absolute Gasteiger partial charge is 0.326 e. The summed E-state index contributed by atoms with van der Waals surface area (Å²) in [5, 5.41) is 0. The molecule has 4 nitrogen and oxygen atoms in total. The molecule has 0 fully saturated rings. The molecule has 20 heavy (non-hydrogen) atoms. The van der Waals surface area contributed by atoms with Crippen LogP contribution in [-0.2, 0) is 16.6 Å². The number of sulfonamides is 1. The van der Waals surface area contributed by atoms with Gasteiger partial charge in [0.05, 0.1) is 0 Å². The first-order valence-electron chi connectivity index (χ1n) is 6.20. The molecule has 0 aliphatic carbocycles. The first-order valence-corrected chi connectivity index (χ1v) is 7.64. The first-order chi connectivity index (χ1) is 9.37. The maximum atomic E-state index is 14.1. The molecule has 0 radical (unpaired) electrons. The third kappa shape index (κ3) is 2.61. The molecule has 1 aliphatic rings. The van der Waals surface area contributed by atoms with Crippen LogP contribution in [0.2, 0.25) is 0 Å². The van der Waals surface area contributed by atoms with Crippen molar-refractivity contribution >= 4 is 10.0 Å². The van der Waals surface area contributed by atoms with Crippen LogP contribution in [0.5, 0.6) is 0 Å². The molecule has 1 aromatic carbocycles. The predicted molar refractivity (Wildman–Crippen MR) is 71.4 cm³/mol. The van der Waals surface area contributed by atoms with E-state index in [0.29, 0.717) is 13.0 Å². The second kappa shape index (κ2) is 5.59. The van der Waals surface area contributed by atoms with Gasteiger partial charge in [0.15, 0.2) is 5.82 Å². The lowest BCUT2D eigenvalue weighted by molar-refractivity contribution is 0.425. The molecule has 0 aromatic heterocycles. The standard InChI is InChI=1S/C13H16F2N2O2S/c1-9-4-6-17(7-5-9)20(18,19)12-3-2-11(14)10(8-16)13(12)15/h2-4H,5-8,16H2,1H3. The van der Waals surface area contributed by atoms with E-state index >= 15 is 0 Å². The van der Waals surface area contributed by atoms with Crippen LogP contribution in [0, 0.1) is 11.6 Å². The Morgan fingerprint density at radius 3 is 2.60 bits per heavy atom. The van der Waals surface area contributed by atoms with E-state index in [4.69, 9.17) is 5.73 Å². The van der Waals surface area contributed by atoms with Gasteiger partial charge in [-0.05, 0) is 25.5 Å². The zero-order valence-electron chi connectivity index (χ0n) is 11.1. The van der Waals surface area contributed by atoms with E-state index in [1.807, 2.05) is 6.92 Å². The molecule has 2 N–H and O–H groups in total. The minimum atomic E-state index is -3.97. The topological polar surface area (TPSA) is 63.4 Å². The number of benzene rings is 1. The van der Waals surface area contributed by atoms with Crippen LogP contribution in [0.3, 0.4) is 0 Å². The van der Waals surface area contributed by atoms with Crippen LogP contribution >= 0.6 is 0 Å². The van der Waals surface area contributed by atoms with Crippen molar-refractivity contribution in [3.63, 3.8) is 0 Å². The van der Waals surface area contributed by atoms with Crippen LogP contribution in [-0.4, -0.2) is 25.8 Å². The van der Waals surface area contributed by atoms with Crippen LogP contribution in [0.4, 0.5) is 8.78 Å². The Hall–Kier alpha value is -1.31. The molecular weight excluding hydrogens is 286 g/mol. The van der Waals surface area contributed by atoms with E-state index in [-0.39, 0.29) is 13.1 Å². The summed E-state index contributed by atoms with van der Waals surface area (Å²) in [7, 11) is -3.97. The minimum Gasteiger partial charge on any atom is -0.326 e. The van der Waals surface area contributed by atoms with E-state index in [9.17, 15) is 17.2 Å². The fourth-order valence-corrected chi connectivity index (χ4v) is 3.54. The third-order valence-electron chi connectivity index (χ3n) is 3.37. The first kappa shape index (κ1) is 15.1. The van der Waals surface area contributed by atoms with Gasteiger partial charge in [0.1, 0.15) is 10.7 Å². The summed E-state index contributed by atoms with van der Waals surface area (Å²) < 4.78 is 53.4. The molecular formula is C13H16F2N2O2S. The number of rotatable bonds is 3. The van der Waals surface area contributed by atoms with Gasteiger partial charge in [-0.1, -0.05) is 11.6 Å². The van der Waals surface area contributed by atoms with Crippen molar-refractivity contribution in [1.82, 2.24) is 4.31 Å². The minimum absolute atomic E-state index is 0.197. The number of hydrogen-bond acceptors (Lipinski definition) is 3. The fraction of sp³-hybridized carbons (Fsp3) is 0.385. The molecule has 110 valence electrons. The molecule has 2 rings (SSSR count). The van der Waals surface area contributed by atoms with Crippen molar-refractivity contribution in [3.05, 3.63) is 41.0 Å². The fourth-order valence-electron chi connectivity index (χ4n) is 2.07. The lowest BCUT2D eigenvalue weighted by Gasteiger charge is -2.25. The quantitative estimate of drug-likeness (QED) is 0.865. The molecule has 0 unspecified atom stereocenters. The van der Waals surface area contributed by atoms with Crippen molar-refractivity contribution < 1.29 is 17.2 Å². The molecule has 7 heteroatoms. The van der Waals surface area contributed by atoms with Gasteiger partial charge < -0.3 is 5.73 Å². The maximum Gasteiger partial charge on any atom is 0.246 e. The number of nitrogens with two attached hydrogens (primary N) is 1. The van der Waals surface area contributed by atoms with Gasteiger partial charge in [-0.2, -0.15) is 4.31 Å². The predicted octanol–water partition coefficient (Wildman–Crippen LogP) is 1.76. The summed E-state index contributed by atoms with van der Waals surface area (Å²) >= 11 is 0. The molecule has 1 aliphatic heterocycles. The smallest absolute Gasteiger partial charge is 0.246 e. The maximum absolute atomic E-state index is 14.1. The lowest BCUT2D eigenvalue weighted by Crippen LogP contribution is -2.35. The molecule has 0 atom stereocenters. The summed E-state index contributed by atoms with van der Waals surface area (Å²) in [5.74, 6) is -1.93. The van der Waals surface area contributed by atoms with E-state index in [2.05, 4.69) is 0 Å². The zero-order chi connectivity index (χ0) is 14.9. The van der Waals surface area contributed by atoms with Crippen molar-refractivity contribution in [2.24, 2.45) is 5.73 Å². The Kier molecular flexibility index (Phi) is 4.22. The second-order valence-electron chi connectivity index (χ2n) is 4.71. The van der Waals surface area contributed by atoms with E-state index in [1.54, 1.807) is 6.08 Å². The molecule has 0 saturated carbocycles. The van der Waals surface area contributed by atoms with Gasteiger partial charge in [-0.15, -0.1) is 0 Å². The van der Waals surface area contributed by atoms with Crippen molar-refractivity contribution in [3.8, 4) is 0 Å². The van der Waals surface area contributed by atoms with Gasteiger partial charge in [0.2, 0.25) is 10.0 Å². The highest BCUT2D eigenvalue weighted by Gasteiger charge is 2.29. The summed E-state index contributed by atoms with van der Waals surface area (Å²) in [6.07, 6.45) is 2.39. The molecule has 0 bridgehead atoms. The average molecular weight is 302 g/mol. The highest BCUT2D eigenvalue weighted by atomic mass is 32.2. The molecule has 0 amide bonds. The number of hydrogen-bond donors (Lipinski definition) is 1. The zero-order valence-corrected chi connectivity index (χ0v) is 11.9. The Balaban J connectivity index is 2.45. The Morgan fingerprint density at radius 2 is 2.05 bits per heavy atom. The SMILES string of the molecule is CC1=CCN(S(=O)(=O)c2ccc(F)c(CN)c2F)CC1. The Morgan fingerprint density at radius 1 is 1.35 bits per heavy atom. The summed E-state index contributed by atoms with van der Waals surface area (Å²) in [5.41, 5.74) is 5.95. The van der Waals surface area contributed by atoms with Crippen LogP contribution in [0.25, 0.3) is 0 Å². The highest BCUT2D eigenvalue weighted by Crippen LogP contribution is 2.25. The van der Waals surface area contributed by atoms with Crippen molar-refractivity contribution in [1.29, 1.82) is 0 Å². The normalized spacial score (nSPS) is 17.1. The van der Waals surface area contributed by atoms with Gasteiger partial charge in [-0.25, -0.2) is 17.2 Å². The van der Waals surface area contributed by atoms with Crippen molar-refractivity contribution in [2.45, 2.75) is 24.8 Å². The van der Waals surface area contributed by atoms with Crippen LogP contribution < -0.4 is 5.73 Å². The highest BCUT2D eigenvalue weighted by molar-refractivity contribution is 7.89. The van der Waals surface area contributed by atoms with Gasteiger partial charge in [0.25, 0.3) is 0 Å². The number of nitrogens with zero attached hydrogens (tertiary/aromatic N) is 1. The average Bonchev–Trinajstić information content (AvgIpc) is 2.39. The molecule has 1 heterocycles. The van der Waals surface area contributed by atoms with Gasteiger partial charge in [0, 0.05) is 25.2 Å². The Labute approximate surface area is 116 Å². The van der Waals surface area contributed by atoms with Gasteiger partial charge >= 0.3 is 0 Å². The third-order valence-corrected chi connectivity index (χ3v) is 5.25. The van der Waals surface area contributed by atoms with E-state index < -0.39 is 32.1 Å². The lowest BCUT2D eigenvalue weighted by atomic mass is 10.1. The van der Waals surface area contributed by atoms with Gasteiger partial charge in [-0.3, -0.25) is 0 Å². The van der Waals surface area contributed by atoms with E-state index in [0.717, 1.165) is 17.7 Å². The van der Waals surface area contributed by atoms with Crippen LogP contribution in [0.1, 0.15) is 18.9 Å². The monoisotopic (exact) mass is 302 g/mol. The summed E-state index contributed by atoms with van der Waals surface area (Å²) in [6.45, 7) is 2.01. The van der Waals surface area contributed by atoms with Crippen molar-refractivity contribution in [2.75, 3.05) is 13.1 Å². The number of halogens is 2. The second-order valence-corrected chi connectivity index (χ2v) is 6.61. The summed E-state index contributed by atoms with van der Waals surface area (Å²) in [4.78, 5) is -0.521. The van der Waals surface area contributed by atoms with Crippen LogP contribution in [0.15, 0.2) is 28.7 Å². The Bertz CT molecular complexity index is 657. The molecule has 1 aromatic rings.